The SMILES string of the molecule is COc1ccc(Cl)c2sc(N(CCN3CCOCC3)C(=O)Cc3ccc(C)cc3C)nc12. The third-order valence-corrected chi connectivity index (χ3v) is 7.32. The van der Waals surface area contributed by atoms with Crippen molar-refractivity contribution in [2.45, 2.75) is 20.3 Å². The number of nitrogens with zero attached hydrogens (tertiary/aromatic N) is 3. The summed E-state index contributed by atoms with van der Waals surface area (Å²) in [4.78, 5) is 22.4. The molecule has 1 aromatic heterocycles. The summed E-state index contributed by atoms with van der Waals surface area (Å²) < 4.78 is 11.8. The van der Waals surface area contributed by atoms with Crippen molar-refractivity contribution in [2.24, 2.45) is 0 Å². The molecule has 2 aromatic carbocycles. The number of morpholine rings is 1. The van der Waals surface area contributed by atoms with Crippen molar-refractivity contribution in [3.8, 4) is 5.75 Å². The second-order valence-corrected chi connectivity index (χ2v) is 9.41. The minimum atomic E-state index is 0.0272. The molecule has 1 aliphatic heterocycles. The lowest BCUT2D eigenvalue weighted by atomic mass is 10.0. The van der Waals surface area contributed by atoms with Crippen molar-refractivity contribution in [1.29, 1.82) is 0 Å². The number of ether oxygens (including phenoxy) is 2. The molecule has 32 heavy (non-hydrogen) atoms. The third kappa shape index (κ3) is 5.07. The van der Waals surface area contributed by atoms with Crippen LogP contribution in [0.15, 0.2) is 30.3 Å². The number of amides is 1. The van der Waals surface area contributed by atoms with Gasteiger partial charge in [-0.05, 0) is 37.1 Å². The van der Waals surface area contributed by atoms with Crippen LogP contribution in [0.25, 0.3) is 10.2 Å². The van der Waals surface area contributed by atoms with Gasteiger partial charge in [0.1, 0.15) is 11.3 Å². The lowest BCUT2D eigenvalue weighted by Crippen LogP contribution is -2.43. The molecule has 0 spiro atoms. The normalized spacial score (nSPS) is 14.6. The van der Waals surface area contributed by atoms with Crippen LogP contribution in [0.4, 0.5) is 5.13 Å². The summed E-state index contributed by atoms with van der Waals surface area (Å²) in [5.41, 5.74) is 4.04. The van der Waals surface area contributed by atoms with E-state index in [1.54, 1.807) is 18.1 Å². The van der Waals surface area contributed by atoms with Crippen molar-refractivity contribution >= 4 is 44.2 Å². The van der Waals surface area contributed by atoms with Gasteiger partial charge < -0.3 is 9.47 Å². The summed E-state index contributed by atoms with van der Waals surface area (Å²) in [6, 6.07) is 9.82. The topological polar surface area (TPSA) is 54.9 Å². The number of benzene rings is 2. The molecule has 1 fully saturated rings. The number of methoxy groups -OCH3 is 1. The molecule has 6 nitrogen and oxygen atoms in total. The summed E-state index contributed by atoms with van der Waals surface area (Å²) in [6.45, 7) is 8.64. The Morgan fingerprint density at radius 1 is 1.25 bits per heavy atom. The number of aryl methyl sites for hydroxylation is 2. The summed E-state index contributed by atoms with van der Waals surface area (Å²) >= 11 is 7.87. The number of hydrogen-bond donors (Lipinski definition) is 0. The molecule has 0 N–H and O–H groups in total. The van der Waals surface area contributed by atoms with E-state index in [1.165, 1.54) is 16.9 Å². The largest absolute Gasteiger partial charge is 0.494 e. The molecule has 1 amide bonds. The molecule has 8 heteroatoms. The van der Waals surface area contributed by atoms with E-state index in [1.807, 2.05) is 12.1 Å². The number of anilines is 1. The van der Waals surface area contributed by atoms with Crippen molar-refractivity contribution in [3.05, 3.63) is 52.0 Å². The Morgan fingerprint density at radius 2 is 2.03 bits per heavy atom. The van der Waals surface area contributed by atoms with Gasteiger partial charge in [-0.15, -0.1) is 0 Å². The molecule has 1 saturated heterocycles. The van der Waals surface area contributed by atoms with Gasteiger partial charge in [-0.2, -0.15) is 0 Å². The highest BCUT2D eigenvalue weighted by Crippen LogP contribution is 2.38. The highest BCUT2D eigenvalue weighted by Gasteiger charge is 2.24. The molecule has 0 saturated carbocycles. The zero-order chi connectivity index (χ0) is 22.7. The summed E-state index contributed by atoms with van der Waals surface area (Å²) in [6.07, 6.45) is 0.329. The van der Waals surface area contributed by atoms with Crippen LogP contribution in [-0.2, 0) is 16.0 Å². The fraction of sp³-hybridized carbons (Fsp3) is 0.417. The first kappa shape index (κ1) is 23.0. The number of fused-ring (bicyclic) bond motifs is 1. The fourth-order valence-electron chi connectivity index (χ4n) is 3.92. The van der Waals surface area contributed by atoms with Crippen LogP contribution in [0.3, 0.4) is 0 Å². The van der Waals surface area contributed by atoms with E-state index in [0.717, 1.165) is 48.7 Å². The Kier molecular flexibility index (Phi) is 7.30. The lowest BCUT2D eigenvalue weighted by Gasteiger charge is -2.29. The van der Waals surface area contributed by atoms with Gasteiger partial charge in [0.2, 0.25) is 5.91 Å². The number of halogens is 1. The number of hydrogen-bond acceptors (Lipinski definition) is 6. The first-order valence-electron chi connectivity index (χ1n) is 10.8. The second kappa shape index (κ2) is 10.2. The van der Waals surface area contributed by atoms with Crippen LogP contribution in [0.2, 0.25) is 5.02 Å². The van der Waals surface area contributed by atoms with Crippen LogP contribution < -0.4 is 9.64 Å². The van der Waals surface area contributed by atoms with Crippen molar-refractivity contribution in [1.82, 2.24) is 9.88 Å². The van der Waals surface area contributed by atoms with Crippen LogP contribution in [-0.4, -0.2) is 62.3 Å². The molecule has 170 valence electrons. The van der Waals surface area contributed by atoms with E-state index in [9.17, 15) is 4.79 Å². The molecule has 1 aliphatic rings. The Bertz CT molecular complexity index is 1110. The van der Waals surface area contributed by atoms with E-state index in [2.05, 4.69) is 30.9 Å². The lowest BCUT2D eigenvalue weighted by molar-refractivity contribution is -0.118. The zero-order valence-electron chi connectivity index (χ0n) is 18.7. The number of carbonyl (C=O) groups is 1. The molecule has 2 heterocycles. The monoisotopic (exact) mass is 473 g/mol. The van der Waals surface area contributed by atoms with E-state index in [4.69, 9.17) is 26.1 Å². The molecule has 3 aromatic rings. The summed E-state index contributed by atoms with van der Waals surface area (Å²) in [5.74, 6) is 0.682. The third-order valence-electron chi connectivity index (χ3n) is 5.78. The molecule has 0 unspecified atom stereocenters. The predicted molar refractivity (Wildman–Crippen MR) is 130 cm³/mol. The van der Waals surface area contributed by atoms with Crippen LogP contribution in [0.5, 0.6) is 5.75 Å². The van der Waals surface area contributed by atoms with E-state index < -0.39 is 0 Å². The number of rotatable bonds is 7. The summed E-state index contributed by atoms with van der Waals surface area (Å²) in [5, 5.41) is 1.26. The predicted octanol–water partition coefficient (Wildman–Crippen LogP) is 4.48. The van der Waals surface area contributed by atoms with Gasteiger partial charge in [0.05, 0.1) is 36.5 Å². The average Bonchev–Trinajstić information content (AvgIpc) is 3.23. The number of carbonyl (C=O) groups excluding carboxylic acids is 1. The Morgan fingerprint density at radius 3 is 2.75 bits per heavy atom. The fourth-order valence-corrected chi connectivity index (χ4v) is 5.22. The van der Waals surface area contributed by atoms with Crippen molar-refractivity contribution in [2.75, 3.05) is 51.4 Å². The van der Waals surface area contributed by atoms with Gasteiger partial charge in [0.15, 0.2) is 5.13 Å². The van der Waals surface area contributed by atoms with Gasteiger partial charge in [0, 0.05) is 26.2 Å². The number of thiazole rings is 1. The zero-order valence-corrected chi connectivity index (χ0v) is 20.3. The molecule has 4 rings (SSSR count). The van der Waals surface area contributed by atoms with Crippen molar-refractivity contribution < 1.29 is 14.3 Å². The molecule has 0 aliphatic carbocycles. The Labute approximate surface area is 197 Å². The quantitative estimate of drug-likeness (QED) is 0.506. The highest BCUT2D eigenvalue weighted by atomic mass is 35.5. The maximum absolute atomic E-state index is 13.5. The van der Waals surface area contributed by atoms with Crippen LogP contribution in [0.1, 0.15) is 16.7 Å². The first-order valence-corrected chi connectivity index (χ1v) is 12.0. The first-order chi connectivity index (χ1) is 15.5. The second-order valence-electron chi connectivity index (χ2n) is 8.03. The molecule has 0 atom stereocenters. The van der Waals surface area contributed by atoms with E-state index >= 15 is 0 Å². The average molecular weight is 474 g/mol. The maximum atomic E-state index is 13.5. The summed E-state index contributed by atoms with van der Waals surface area (Å²) in [7, 11) is 1.61. The van der Waals surface area contributed by atoms with Gasteiger partial charge in [-0.1, -0.05) is 46.7 Å². The smallest absolute Gasteiger partial charge is 0.233 e. The Balaban J connectivity index is 1.64. The van der Waals surface area contributed by atoms with Gasteiger partial charge in [-0.25, -0.2) is 4.98 Å². The Hall–Kier alpha value is -2.19. The van der Waals surface area contributed by atoms with Gasteiger partial charge in [0.25, 0.3) is 0 Å². The standard InChI is InChI=1S/C24H28ClN3O3S/c1-16-4-5-18(17(2)14-16)15-21(29)28(9-8-27-10-12-31-13-11-27)24-26-22-20(30-3)7-6-19(25)23(22)32-24/h4-7,14H,8-13,15H2,1-3H3. The van der Waals surface area contributed by atoms with Crippen LogP contribution >= 0.6 is 22.9 Å². The van der Waals surface area contributed by atoms with Crippen molar-refractivity contribution in [3.63, 3.8) is 0 Å². The van der Waals surface area contributed by atoms with E-state index in [-0.39, 0.29) is 5.91 Å². The maximum Gasteiger partial charge on any atom is 0.233 e. The minimum Gasteiger partial charge on any atom is -0.494 e. The molecular formula is C24H28ClN3O3S. The van der Waals surface area contributed by atoms with Gasteiger partial charge >= 0.3 is 0 Å². The van der Waals surface area contributed by atoms with Gasteiger partial charge in [-0.3, -0.25) is 14.6 Å². The minimum absolute atomic E-state index is 0.0272. The molecular weight excluding hydrogens is 446 g/mol. The van der Waals surface area contributed by atoms with Crippen LogP contribution in [0, 0.1) is 13.8 Å². The molecule has 0 radical (unpaired) electrons. The number of aromatic nitrogens is 1. The van der Waals surface area contributed by atoms with E-state index in [0.29, 0.717) is 34.4 Å². The molecule has 0 bridgehead atoms. The highest BCUT2D eigenvalue weighted by molar-refractivity contribution is 7.23.